The molecule has 0 aliphatic heterocycles. The summed E-state index contributed by atoms with van der Waals surface area (Å²) in [7, 11) is 0. The molecule has 0 heterocycles. The van der Waals surface area contributed by atoms with Crippen LogP contribution in [0.5, 0.6) is 0 Å². The molecule has 1 unspecified atom stereocenters. The average Bonchev–Trinajstić information content (AvgIpc) is 1.85. The third-order valence-corrected chi connectivity index (χ3v) is 2.08. The molecule has 0 aliphatic carbocycles. The molecular formula is C10H21O2. The first-order chi connectivity index (χ1) is 5.19. The number of hydrogen-bond acceptors (Lipinski definition) is 2. The molecule has 2 N–H and O–H groups in total. The van der Waals surface area contributed by atoms with Crippen LogP contribution in [0.15, 0.2) is 0 Å². The predicted octanol–water partition coefficient (Wildman–Crippen LogP) is 1.62. The van der Waals surface area contributed by atoms with Crippen LogP contribution >= 0.6 is 0 Å². The van der Waals surface area contributed by atoms with Crippen molar-refractivity contribution in [3.8, 4) is 0 Å². The van der Waals surface area contributed by atoms with Gasteiger partial charge in [0.1, 0.15) is 0 Å². The lowest BCUT2D eigenvalue weighted by Crippen LogP contribution is -2.33. The molecule has 2 nitrogen and oxygen atoms in total. The topological polar surface area (TPSA) is 40.5 Å². The number of rotatable bonds is 4. The first-order valence-electron chi connectivity index (χ1n) is 4.33. The summed E-state index contributed by atoms with van der Waals surface area (Å²) in [4.78, 5) is 0. The van der Waals surface area contributed by atoms with E-state index in [1.54, 1.807) is 0 Å². The SMILES string of the molecule is [CH2]C(C)(C)C(O)CC(C)(C)CO. The lowest BCUT2D eigenvalue weighted by Gasteiger charge is -2.32. The van der Waals surface area contributed by atoms with E-state index in [4.69, 9.17) is 5.11 Å². The van der Waals surface area contributed by atoms with Crippen LogP contribution in [-0.2, 0) is 0 Å². The van der Waals surface area contributed by atoms with E-state index in [-0.39, 0.29) is 17.4 Å². The van der Waals surface area contributed by atoms with Crippen molar-refractivity contribution in [2.45, 2.75) is 40.2 Å². The van der Waals surface area contributed by atoms with E-state index in [2.05, 4.69) is 6.92 Å². The summed E-state index contributed by atoms with van der Waals surface area (Å²) < 4.78 is 0. The molecule has 0 rings (SSSR count). The zero-order valence-electron chi connectivity index (χ0n) is 8.59. The van der Waals surface area contributed by atoms with Gasteiger partial charge in [-0.05, 0) is 24.2 Å². The highest BCUT2D eigenvalue weighted by Gasteiger charge is 2.29. The van der Waals surface area contributed by atoms with Crippen molar-refractivity contribution >= 4 is 0 Å². The molecule has 0 bridgehead atoms. The molecule has 12 heavy (non-hydrogen) atoms. The maximum Gasteiger partial charge on any atom is 0.0597 e. The maximum absolute atomic E-state index is 9.68. The van der Waals surface area contributed by atoms with E-state index in [1.807, 2.05) is 27.7 Å². The average molecular weight is 173 g/mol. The Morgan fingerprint density at radius 3 is 1.92 bits per heavy atom. The van der Waals surface area contributed by atoms with Gasteiger partial charge in [0.25, 0.3) is 0 Å². The van der Waals surface area contributed by atoms with Crippen molar-refractivity contribution < 1.29 is 10.2 Å². The highest BCUT2D eigenvalue weighted by atomic mass is 16.3. The van der Waals surface area contributed by atoms with Gasteiger partial charge in [-0.1, -0.05) is 27.7 Å². The van der Waals surface area contributed by atoms with Crippen LogP contribution in [0.4, 0.5) is 0 Å². The van der Waals surface area contributed by atoms with Crippen molar-refractivity contribution in [2.75, 3.05) is 6.61 Å². The van der Waals surface area contributed by atoms with Crippen molar-refractivity contribution in [1.82, 2.24) is 0 Å². The molecule has 2 heteroatoms. The van der Waals surface area contributed by atoms with Crippen LogP contribution in [0.2, 0.25) is 0 Å². The maximum atomic E-state index is 9.68. The number of hydrogen-bond donors (Lipinski definition) is 2. The van der Waals surface area contributed by atoms with Gasteiger partial charge in [0.2, 0.25) is 0 Å². The van der Waals surface area contributed by atoms with Gasteiger partial charge < -0.3 is 10.2 Å². The first-order valence-corrected chi connectivity index (χ1v) is 4.33. The normalized spacial score (nSPS) is 16.2. The summed E-state index contributed by atoms with van der Waals surface area (Å²) in [5.74, 6) is 0. The molecule has 0 saturated heterocycles. The summed E-state index contributed by atoms with van der Waals surface area (Å²) >= 11 is 0. The third-order valence-electron chi connectivity index (χ3n) is 2.08. The van der Waals surface area contributed by atoms with Crippen LogP contribution in [0.25, 0.3) is 0 Å². The van der Waals surface area contributed by atoms with Crippen molar-refractivity contribution in [1.29, 1.82) is 0 Å². The quantitative estimate of drug-likeness (QED) is 0.678. The molecule has 0 aromatic rings. The molecule has 73 valence electrons. The first kappa shape index (κ1) is 11.9. The van der Waals surface area contributed by atoms with Crippen LogP contribution in [0, 0.1) is 17.8 Å². The van der Waals surface area contributed by atoms with Crippen LogP contribution in [0.1, 0.15) is 34.1 Å². The fourth-order valence-electron chi connectivity index (χ4n) is 0.864. The molecule has 0 aromatic carbocycles. The Hall–Kier alpha value is -0.0800. The second-order valence-electron chi connectivity index (χ2n) is 5.03. The summed E-state index contributed by atoms with van der Waals surface area (Å²) in [6.07, 6.45) is 0.125. The minimum absolute atomic E-state index is 0.0974. The molecule has 0 amide bonds. The zero-order chi connectivity index (χ0) is 9.99. The molecule has 1 atom stereocenters. The summed E-state index contributed by atoms with van der Waals surface area (Å²) in [5, 5.41) is 18.7. The molecule has 1 radical (unpaired) electrons. The van der Waals surface area contributed by atoms with Crippen molar-refractivity contribution in [2.24, 2.45) is 10.8 Å². The standard InChI is InChI=1S/C10H21O2/c1-9(2,3)8(12)6-10(4,5)7-11/h8,11-12H,1,6-7H2,2-5H3. The van der Waals surface area contributed by atoms with E-state index in [1.165, 1.54) is 0 Å². The summed E-state index contributed by atoms with van der Waals surface area (Å²) in [5.41, 5.74) is -0.555. The van der Waals surface area contributed by atoms with Crippen molar-refractivity contribution in [3.63, 3.8) is 0 Å². The Morgan fingerprint density at radius 2 is 1.67 bits per heavy atom. The lowest BCUT2D eigenvalue weighted by molar-refractivity contribution is 0.0189. The van der Waals surface area contributed by atoms with E-state index in [9.17, 15) is 5.11 Å². The largest absolute Gasteiger partial charge is 0.396 e. The second-order valence-corrected chi connectivity index (χ2v) is 5.03. The Kier molecular flexibility index (Phi) is 3.73. The Balaban J connectivity index is 4.09. The Labute approximate surface area is 75.6 Å². The number of aliphatic hydroxyl groups excluding tert-OH is 2. The van der Waals surface area contributed by atoms with Crippen LogP contribution < -0.4 is 0 Å². The molecule has 0 aromatic heterocycles. The molecular weight excluding hydrogens is 152 g/mol. The Morgan fingerprint density at radius 1 is 1.25 bits per heavy atom. The fourth-order valence-corrected chi connectivity index (χ4v) is 0.864. The van der Waals surface area contributed by atoms with Gasteiger partial charge in [0.05, 0.1) is 6.10 Å². The van der Waals surface area contributed by atoms with Crippen LogP contribution in [-0.4, -0.2) is 22.9 Å². The number of aliphatic hydroxyl groups is 2. The highest BCUT2D eigenvalue weighted by Crippen LogP contribution is 2.29. The molecule has 0 saturated carbocycles. The van der Waals surface area contributed by atoms with Gasteiger partial charge in [0, 0.05) is 6.61 Å². The monoisotopic (exact) mass is 173 g/mol. The summed E-state index contributed by atoms with van der Waals surface area (Å²) in [6, 6.07) is 0. The van der Waals surface area contributed by atoms with Crippen LogP contribution in [0.3, 0.4) is 0 Å². The van der Waals surface area contributed by atoms with Crippen molar-refractivity contribution in [3.05, 3.63) is 6.92 Å². The molecule has 0 spiro atoms. The molecule has 0 aliphatic rings. The third kappa shape index (κ3) is 4.07. The van der Waals surface area contributed by atoms with Gasteiger partial charge in [-0.25, -0.2) is 0 Å². The summed E-state index contributed by atoms with van der Waals surface area (Å²) in [6.45, 7) is 11.6. The van der Waals surface area contributed by atoms with E-state index < -0.39 is 6.10 Å². The van der Waals surface area contributed by atoms with E-state index in [0.29, 0.717) is 6.42 Å². The molecule has 0 fully saturated rings. The minimum atomic E-state index is -0.459. The lowest BCUT2D eigenvalue weighted by atomic mass is 9.78. The predicted molar refractivity (Wildman–Crippen MR) is 50.6 cm³/mol. The Bertz CT molecular complexity index is 133. The van der Waals surface area contributed by atoms with Gasteiger partial charge in [0.15, 0.2) is 0 Å². The smallest absolute Gasteiger partial charge is 0.0597 e. The van der Waals surface area contributed by atoms with Gasteiger partial charge in [-0.2, -0.15) is 0 Å². The second kappa shape index (κ2) is 3.75. The van der Waals surface area contributed by atoms with Gasteiger partial charge >= 0.3 is 0 Å². The highest BCUT2D eigenvalue weighted by molar-refractivity contribution is 4.84. The van der Waals surface area contributed by atoms with Gasteiger partial charge in [-0.15, -0.1) is 0 Å². The van der Waals surface area contributed by atoms with E-state index >= 15 is 0 Å². The minimum Gasteiger partial charge on any atom is -0.396 e. The fraction of sp³-hybridized carbons (Fsp3) is 0.900. The zero-order valence-corrected chi connectivity index (χ0v) is 8.59. The van der Waals surface area contributed by atoms with Gasteiger partial charge in [-0.3, -0.25) is 0 Å². The van der Waals surface area contributed by atoms with E-state index in [0.717, 1.165) is 0 Å².